The van der Waals surface area contributed by atoms with Gasteiger partial charge in [0.25, 0.3) is 5.69 Å². The Morgan fingerprint density at radius 3 is 2.83 bits per heavy atom. The number of hydrogen-bond donors (Lipinski definition) is 2. The number of nitro groups is 1. The normalized spacial score (nSPS) is 11.9. The minimum absolute atomic E-state index is 0.0925. The van der Waals surface area contributed by atoms with Gasteiger partial charge in [0.15, 0.2) is 0 Å². The van der Waals surface area contributed by atoms with Crippen molar-refractivity contribution in [1.29, 1.82) is 0 Å². The van der Waals surface area contributed by atoms with Gasteiger partial charge >= 0.3 is 0 Å². The first kappa shape index (κ1) is 14.4. The first-order valence-electron chi connectivity index (χ1n) is 5.39. The number of nitrogens with two attached hydrogens (primary N) is 1. The van der Waals surface area contributed by atoms with Crippen molar-refractivity contribution in [1.82, 2.24) is 0 Å². The van der Waals surface area contributed by atoms with Crippen molar-refractivity contribution in [3.63, 3.8) is 0 Å². The molecule has 1 unspecified atom stereocenters. The third-order valence-electron chi connectivity index (χ3n) is 2.26. The molecule has 0 aromatic heterocycles. The Bertz CT molecular complexity index is 463. The van der Waals surface area contributed by atoms with E-state index in [9.17, 15) is 14.9 Å². The van der Waals surface area contributed by atoms with Crippen LogP contribution in [0.4, 0.5) is 11.4 Å². The first-order valence-corrected chi connectivity index (χ1v) is 5.77. The van der Waals surface area contributed by atoms with E-state index in [1.165, 1.54) is 18.2 Å². The summed E-state index contributed by atoms with van der Waals surface area (Å²) in [5.41, 5.74) is 5.44. The number of nitrogens with one attached hydrogen (secondary N) is 1. The Morgan fingerprint density at radius 1 is 1.61 bits per heavy atom. The van der Waals surface area contributed by atoms with Crippen LogP contribution in [0.15, 0.2) is 18.2 Å². The average Bonchev–Trinajstić information content (AvgIpc) is 2.26. The van der Waals surface area contributed by atoms with Crippen LogP contribution in [0.25, 0.3) is 0 Å². The molecule has 0 radical (unpaired) electrons. The number of amides is 1. The van der Waals surface area contributed by atoms with E-state index in [4.69, 9.17) is 17.3 Å². The maximum absolute atomic E-state index is 11.6. The number of rotatable bonds is 5. The second-order valence-corrected chi connectivity index (χ2v) is 4.42. The van der Waals surface area contributed by atoms with Crippen LogP contribution in [0.5, 0.6) is 0 Å². The Balaban J connectivity index is 2.79. The summed E-state index contributed by atoms with van der Waals surface area (Å²) in [6.07, 6.45) is 0.724. The summed E-state index contributed by atoms with van der Waals surface area (Å²) < 4.78 is 0. The summed E-state index contributed by atoms with van der Waals surface area (Å²) in [5.74, 6) is -0.322. The molecule has 1 atom stereocenters. The molecule has 1 amide bonds. The largest absolute Gasteiger partial charge is 0.328 e. The van der Waals surface area contributed by atoms with Gasteiger partial charge in [0.2, 0.25) is 5.91 Å². The average molecular weight is 272 g/mol. The number of carbonyl (C=O) groups excluding carboxylic acids is 1. The third-order valence-corrected chi connectivity index (χ3v) is 2.49. The van der Waals surface area contributed by atoms with Gasteiger partial charge in [-0.2, -0.15) is 0 Å². The third kappa shape index (κ3) is 4.31. The van der Waals surface area contributed by atoms with E-state index in [0.29, 0.717) is 11.4 Å². The Kier molecular flexibility index (Phi) is 5.06. The fourth-order valence-electron chi connectivity index (χ4n) is 1.34. The standard InChI is InChI=1S/C11H14ClN3O3/c1-7(13)2-5-11(16)14-9-6-8(12)3-4-10(9)15(17)18/h3-4,6-7H,2,5,13H2,1H3,(H,14,16). The van der Waals surface area contributed by atoms with E-state index < -0.39 is 4.92 Å². The number of anilines is 1. The molecule has 0 aliphatic carbocycles. The molecule has 0 fully saturated rings. The maximum Gasteiger partial charge on any atom is 0.292 e. The molecule has 3 N–H and O–H groups in total. The second-order valence-electron chi connectivity index (χ2n) is 3.98. The molecular formula is C11H14ClN3O3. The minimum Gasteiger partial charge on any atom is -0.328 e. The van der Waals surface area contributed by atoms with Gasteiger partial charge in [0.1, 0.15) is 5.69 Å². The van der Waals surface area contributed by atoms with Gasteiger partial charge < -0.3 is 11.1 Å². The van der Waals surface area contributed by atoms with Gasteiger partial charge in [-0.15, -0.1) is 0 Å². The van der Waals surface area contributed by atoms with E-state index in [2.05, 4.69) is 5.32 Å². The minimum atomic E-state index is -0.572. The Morgan fingerprint density at radius 2 is 2.28 bits per heavy atom. The topological polar surface area (TPSA) is 98.3 Å². The second kappa shape index (κ2) is 6.32. The summed E-state index contributed by atoms with van der Waals surface area (Å²) >= 11 is 5.74. The fourth-order valence-corrected chi connectivity index (χ4v) is 1.51. The van der Waals surface area contributed by atoms with E-state index in [0.717, 1.165) is 0 Å². The molecule has 0 aliphatic heterocycles. The SMILES string of the molecule is CC(N)CCC(=O)Nc1cc(Cl)ccc1[N+](=O)[O-]. The molecule has 6 nitrogen and oxygen atoms in total. The van der Waals surface area contributed by atoms with Crippen LogP contribution in [0.3, 0.4) is 0 Å². The van der Waals surface area contributed by atoms with Gasteiger partial charge in [-0.3, -0.25) is 14.9 Å². The van der Waals surface area contributed by atoms with E-state index in [1.54, 1.807) is 6.92 Å². The zero-order chi connectivity index (χ0) is 13.7. The lowest BCUT2D eigenvalue weighted by atomic mass is 10.2. The fraction of sp³-hybridized carbons (Fsp3) is 0.364. The summed E-state index contributed by atoms with van der Waals surface area (Å²) in [6, 6.07) is 3.91. The summed E-state index contributed by atoms with van der Waals surface area (Å²) in [4.78, 5) is 21.8. The van der Waals surface area contributed by atoms with Gasteiger partial charge in [-0.25, -0.2) is 0 Å². The number of carbonyl (C=O) groups is 1. The maximum atomic E-state index is 11.6. The molecule has 98 valence electrons. The number of nitro benzene ring substituents is 1. The molecule has 0 saturated heterocycles. The van der Waals surface area contributed by atoms with Gasteiger partial charge in [0, 0.05) is 23.6 Å². The van der Waals surface area contributed by atoms with E-state index >= 15 is 0 Å². The number of benzene rings is 1. The zero-order valence-electron chi connectivity index (χ0n) is 9.85. The quantitative estimate of drug-likeness (QED) is 0.634. The van der Waals surface area contributed by atoms with E-state index in [1.807, 2.05) is 0 Å². The van der Waals surface area contributed by atoms with Crippen LogP contribution in [0, 0.1) is 10.1 Å². The lowest BCUT2D eigenvalue weighted by Gasteiger charge is -2.07. The number of hydrogen-bond acceptors (Lipinski definition) is 4. The zero-order valence-corrected chi connectivity index (χ0v) is 10.6. The first-order chi connectivity index (χ1) is 8.40. The highest BCUT2D eigenvalue weighted by molar-refractivity contribution is 6.31. The Hall–Kier alpha value is -1.66. The van der Waals surface area contributed by atoms with Crippen molar-refractivity contribution in [3.8, 4) is 0 Å². The van der Waals surface area contributed by atoms with Crippen LogP contribution >= 0.6 is 11.6 Å². The molecule has 0 aliphatic rings. The smallest absolute Gasteiger partial charge is 0.292 e. The van der Waals surface area contributed by atoms with Gasteiger partial charge in [0.05, 0.1) is 4.92 Å². The van der Waals surface area contributed by atoms with Crippen LogP contribution in [0.2, 0.25) is 5.02 Å². The molecule has 1 aromatic carbocycles. The lowest BCUT2D eigenvalue weighted by molar-refractivity contribution is -0.383. The highest BCUT2D eigenvalue weighted by Gasteiger charge is 2.16. The molecular weight excluding hydrogens is 258 g/mol. The summed E-state index contributed by atoms with van der Waals surface area (Å²) in [7, 11) is 0. The van der Waals surface area contributed by atoms with Crippen molar-refractivity contribution in [3.05, 3.63) is 33.3 Å². The molecule has 0 saturated carbocycles. The monoisotopic (exact) mass is 271 g/mol. The molecule has 1 rings (SSSR count). The number of halogens is 1. The summed E-state index contributed by atoms with van der Waals surface area (Å²) in [5, 5.41) is 13.6. The lowest BCUT2D eigenvalue weighted by Crippen LogP contribution is -2.19. The van der Waals surface area contributed by atoms with Crippen LogP contribution < -0.4 is 11.1 Å². The van der Waals surface area contributed by atoms with Crippen molar-refractivity contribution >= 4 is 28.9 Å². The highest BCUT2D eigenvalue weighted by atomic mass is 35.5. The van der Waals surface area contributed by atoms with Crippen molar-refractivity contribution in [2.75, 3.05) is 5.32 Å². The molecule has 18 heavy (non-hydrogen) atoms. The van der Waals surface area contributed by atoms with Crippen LogP contribution in [-0.4, -0.2) is 16.9 Å². The van der Waals surface area contributed by atoms with Crippen LogP contribution in [-0.2, 0) is 4.79 Å². The van der Waals surface area contributed by atoms with Crippen molar-refractivity contribution < 1.29 is 9.72 Å². The van der Waals surface area contributed by atoms with E-state index in [-0.39, 0.29) is 29.7 Å². The molecule has 0 spiro atoms. The summed E-state index contributed by atoms with van der Waals surface area (Å²) in [6.45, 7) is 1.79. The predicted octanol–water partition coefficient (Wildman–Crippen LogP) is 2.31. The Labute approximate surface area is 109 Å². The molecule has 7 heteroatoms. The predicted molar refractivity (Wildman–Crippen MR) is 69.6 cm³/mol. The van der Waals surface area contributed by atoms with Gasteiger partial charge in [-0.05, 0) is 25.5 Å². The van der Waals surface area contributed by atoms with Crippen molar-refractivity contribution in [2.45, 2.75) is 25.8 Å². The highest BCUT2D eigenvalue weighted by Crippen LogP contribution is 2.27. The number of nitrogens with zero attached hydrogens (tertiary/aromatic N) is 1. The molecule has 0 heterocycles. The van der Waals surface area contributed by atoms with Crippen molar-refractivity contribution in [2.24, 2.45) is 5.73 Å². The molecule has 0 bridgehead atoms. The molecule has 1 aromatic rings. The van der Waals surface area contributed by atoms with Gasteiger partial charge in [-0.1, -0.05) is 11.6 Å². The van der Waals surface area contributed by atoms with Crippen LogP contribution in [0.1, 0.15) is 19.8 Å².